The lowest BCUT2D eigenvalue weighted by Crippen LogP contribution is -2.38. The van der Waals surface area contributed by atoms with Gasteiger partial charge < -0.3 is 14.5 Å². The van der Waals surface area contributed by atoms with Crippen LogP contribution >= 0.6 is 0 Å². The van der Waals surface area contributed by atoms with Crippen molar-refractivity contribution in [1.29, 1.82) is 0 Å². The van der Waals surface area contributed by atoms with Gasteiger partial charge in [-0.2, -0.15) is 5.10 Å². The Balaban J connectivity index is 1.79. The second-order valence-electron chi connectivity index (χ2n) is 5.21. The summed E-state index contributed by atoms with van der Waals surface area (Å²) >= 11 is 0. The summed E-state index contributed by atoms with van der Waals surface area (Å²) in [5.41, 5.74) is 1.66. The van der Waals surface area contributed by atoms with E-state index in [1.54, 1.807) is 11.9 Å². The molecule has 1 aromatic heterocycles. The summed E-state index contributed by atoms with van der Waals surface area (Å²) in [5, 5.41) is 6.57. The van der Waals surface area contributed by atoms with E-state index in [1.807, 2.05) is 24.3 Å². The predicted octanol–water partition coefficient (Wildman–Crippen LogP) is 0.913. The topological polar surface area (TPSA) is 74.4 Å². The highest BCUT2D eigenvalue weighted by Gasteiger charge is 2.21. The molecule has 1 saturated heterocycles. The van der Waals surface area contributed by atoms with Gasteiger partial charge in [-0.3, -0.25) is 9.89 Å². The molecule has 0 aliphatic carbocycles. The molecule has 2 aromatic rings. The number of aromatic amines is 1. The van der Waals surface area contributed by atoms with E-state index in [0.29, 0.717) is 31.1 Å². The Labute approximate surface area is 128 Å². The summed E-state index contributed by atoms with van der Waals surface area (Å²) in [6.07, 6.45) is 1.44. The highest BCUT2D eigenvalue weighted by atomic mass is 16.5. The monoisotopic (exact) mass is 301 g/mol. The van der Waals surface area contributed by atoms with Crippen LogP contribution in [0, 0.1) is 0 Å². The van der Waals surface area contributed by atoms with Crippen LogP contribution in [0.15, 0.2) is 30.6 Å². The van der Waals surface area contributed by atoms with Crippen LogP contribution in [0.25, 0.3) is 0 Å². The number of amides is 1. The zero-order chi connectivity index (χ0) is 15.4. The standard InChI is InChI=1S/C15H19N5O2/c1-19(10-14-16-11-17-18-14)15(21)12-4-2-3-5-13(12)20-6-8-22-9-7-20/h2-5,11H,6-10H2,1H3,(H,16,17,18). The minimum absolute atomic E-state index is 0.0292. The SMILES string of the molecule is CN(Cc1ncn[nH]1)C(=O)c1ccccc1N1CCOCC1. The van der Waals surface area contributed by atoms with Gasteiger partial charge in [0.15, 0.2) is 0 Å². The lowest BCUT2D eigenvalue weighted by molar-refractivity contribution is 0.0781. The third-order valence-electron chi connectivity index (χ3n) is 3.68. The van der Waals surface area contributed by atoms with Crippen molar-refractivity contribution in [2.45, 2.75) is 6.54 Å². The van der Waals surface area contributed by atoms with Crippen LogP contribution in [0.3, 0.4) is 0 Å². The zero-order valence-electron chi connectivity index (χ0n) is 12.5. The molecule has 3 rings (SSSR count). The Morgan fingerprint density at radius 3 is 2.86 bits per heavy atom. The Morgan fingerprint density at radius 1 is 1.36 bits per heavy atom. The number of rotatable bonds is 4. The molecular formula is C15H19N5O2. The Kier molecular flexibility index (Phi) is 4.34. The summed E-state index contributed by atoms with van der Waals surface area (Å²) < 4.78 is 5.38. The minimum atomic E-state index is -0.0292. The summed E-state index contributed by atoms with van der Waals surface area (Å²) in [6.45, 7) is 3.38. The maximum atomic E-state index is 12.7. The molecule has 0 saturated carbocycles. The molecular weight excluding hydrogens is 282 g/mol. The quantitative estimate of drug-likeness (QED) is 0.908. The second kappa shape index (κ2) is 6.57. The number of nitrogens with zero attached hydrogens (tertiary/aromatic N) is 4. The van der Waals surface area contributed by atoms with Crippen molar-refractivity contribution < 1.29 is 9.53 Å². The van der Waals surface area contributed by atoms with Gasteiger partial charge in [-0.1, -0.05) is 12.1 Å². The number of morpholine rings is 1. The molecule has 1 fully saturated rings. The van der Waals surface area contributed by atoms with Crippen LogP contribution in [0.4, 0.5) is 5.69 Å². The lowest BCUT2D eigenvalue weighted by atomic mass is 10.1. The number of ether oxygens (including phenoxy) is 1. The zero-order valence-corrected chi connectivity index (χ0v) is 12.5. The molecule has 0 bridgehead atoms. The molecule has 116 valence electrons. The van der Waals surface area contributed by atoms with Gasteiger partial charge in [-0.05, 0) is 12.1 Å². The smallest absolute Gasteiger partial charge is 0.256 e. The fourth-order valence-corrected chi connectivity index (χ4v) is 2.54. The number of aromatic nitrogens is 3. The van der Waals surface area contributed by atoms with Gasteiger partial charge in [-0.25, -0.2) is 4.98 Å². The van der Waals surface area contributed by atoms with Crippen molar-refractivity contribution >= 4 is 11.6 Å². The van der Waals surface area contributed by atoms with Crippen molar-refractivity contribution in [2.24, 2.45) is 0 Å². The molecule has 1 aliphatic rings. The number of hydrogen-bond donors (Lipinski definition) is 1. The normalized spacial score (nSPS) is 14.9. The maximum absolute atomic E-state index is 12.7. The summed E-state index contributed by atoms with van der Waals surface area (Å²) in [6, 6.07) is 7.70. The number of hydrogen-bond acceptors (Lipinski definition) is 5. The highest BCUT2D eigenvalue weighted by Crippen LogP contribution is 2.23. The van der Waals surface area contributed by atoms with Crippen LogP contribution in [-0.4, -0.2) is 59.3 Å². The molecule has 7 nitrogen and oxygen atoms in total. The molecule has 0 spiro atoms. The third-order valence-corrected chi connectivity index (χ3v) is 3.68. The molecule has 0 atom stereocenters. The van der Waals surface area contributed by atoms with Crippen LogP contribution in [0.2, 0.25) is 0 Å². The minimum Gasteiger partial charge on any atom is -0.378 e. The molecule has 0 radical (unpaired) electrons. The number of para-hydroxylation sites is 1. The Bertz CT molecular complexity index is 623. The first-order valence-corrected chi connectivity index (χ1v) is 7.27. The largest absolute Gasteiger partial charge is 0.378 e. The second-order valence-corrected chi connectivity index (χ2v) is 5.21. The lowest BCUT2D eigenvalue weighted by Gasteiger charge is -2.31. The third kappa shape index (κ3) is 3.09. The van der Waals surface area contributed by atoms with E-state index in [9.17, 15) is 4.79 Å². The summed E-state index contributed by atoms with van der Waals surface area (Å²) in [5.74, 6) is 0.637. The van der Waals surface area contributed by atoms with E-state index in [4.69, 9.17) is 4.74 Å². The Hall–Kier alpha value is -2.41. The van der Waals surface area contributed by atoms with E-state index in [0.717, 1.165) is 18.8 Å². The van der Waals surface area contributed by atoms with Crippen molar-refractivity contribution in [2.75, 3.05) is 38.3 Å². The molecule has 7 heteroatoms. The average molecular weight is 301 g/mol. The van der Waals surface area contributed by atoms with Gasteiger partial charge in [0, 0.05) is 25.8 Å². The fourth-order valence-electron chi connectivity index (χ4n) is 2.54. The van der Waals surface area contributed by atoms with Crippen molar-refractivity contribution in [1.82, 2.24) is 20.1 Å². The van der Waals surface area contributed by atoms with Crippen molar-refractivity contribution in [3.63, 3.8) is 0 Å². The number of carbonyl (C=O) groups is 1. The predicted molar refractivity (Wildman–Crippen MR) is 81.7 cm³/mol. The number of benzene rings is 1. The first kappa shape index (κ1) is 14.5. The van der Waals surface area contributed by atoms with Gasteiger partial charge in [0.1, 0.15) is 12.2 Å². The molecule has 1 amide bonds. The molecule has 0 unspecified atom stereocenters. The van der Waals surface area contributed by atoms with E-state index in [2.05, 4.69) is 20.1 Å². The highest BCUT2D eigenvalue weighted by molar-refractivity contribution is 5.99. The van der Waals surface area contributed by atoms with Crippen LogP contribution in [0.5, 0.6) is 0 Å². The van der Waals surface area contributed by atoms with E-state index in [1.165, 1.54) is 6.33 Å². The number of carbonyl (C=O) groups excluding carboxylic acids is 1. The molecule has 22 heavy (non-hydrogen) atoms. The number of nitrogens with one attached hydrogen (secondary N) is 1. The number of anilines is 1. The van der Waals surface area contributed by atoms with Gasteiger partial charge in [-0.15, -0.1) is 0 Å². The van der Waals surface area contributed by atoms with Gasteiger partial charge in [0.05, 0.1) is 25.3 Å². The van der Waals surface area contributed by atoms with Gasteiger partial charge >= 0.3 is 0 Å². The fraction of sp³-hybridized carbons (Fsp3) is 0.400. The molecule has 1 aromatic carbocycles. The van der Waals surface area contributed by atoms with Crippen LogP contribution in [0.1, 0.15) is 16.2 Å². The maximum Gasteiger partial charge on any atom is 0.256 e. The molecule has 2 heterocycles. The summed E-state index contributed by atoms with van der Waals surface area (Å²) in [7, 11) is 1.76. The molecule has 1 N–H and O–H groups in total. The van der Waals surface area contributed by atoms with E-state index in [-0.39, 0.29) is 5.91 Å². The van der Waals surface area contributed by atoms with Crippen LogP contribution in [-0.2, 0) is 11.3 Å². The van der Waals surface area contributed by atoms with Crippen LogP contribution < -0.4 is 4.90 Å². The first-order valence-electron chi connectivity index (χ1n) is 7.27. The summed E-state index contributed by atoms with van der Waals surface area (Å²) in [4.78, 5) is 20.6. The average Bonchev–Trinajstić information content (AvgIpc) is 3.08. The number of H-pyrrole nitrogens is 1. The first-order chi connectivity index (χ1) is 10.8. The Morgan fingerprint density at radius 2 is 2.14 bits per heavy atom. The van der Waals surface area contributed by atoms with E-state index < -0.39 is 0 Å². The van der Waals surface area contributed by atoms with Crippen molar-refractivity contribution in [3.05, 3.63) is 42.0 Å². The van der Waals surface area contributed by atoms with Gasteiger partial charge in [0.2, 0.25) is 0 Å². The van der Waals surface area contributed by atoms with Crippen molar-refractivity contribution in [3.8, 4) is 0 Å². The molecule has 1 aliphatic heterocycles. The van der Waals surface area contributed by atoms with E-state index >= 15 is 0 Å². The van der Waals surface area contributed by atoms with Gasteiger partial charge in [0.25, 0.3) is 5.91 Å².